The van der Waals surface area contributed by atoms with Gasteiger partial charge in [-0.25, -0.2) is 0 Å². The molecule has 0 aliphatic heterocycles. The van der Waals surface area contributed by atoms with Crippen molar-refractivity contribution in [2.45, 2.75) is 65.2 Å². The summed E-state index contributed by atoms with van der Waals surface area (Å²) < 4.78 is 0. The predicted molar refractivity (Wildman–Crippen MR) is 82.0 cm³/mol. The van der Waals surface area contributed by atoms with Crippen molar-refractivity contribution in [2.75, 3.05) is 19.0 Å². The van der Waals surface area contributed by atoms with Gasteiger partial charge in [-0.15, -0.1) is 7.92 Å². The van der Waals surface area contributed by atoms with Gasteiger partial charge in [0, 0.05) is 0 Å². The summed E-state index contributed by atoms with van der Waals surface area (Å²) in [7, 11) is 0.386. The van der Waals surface area contributed by atoms with Gasteiger partial charge in [0.05, 0.1) is 0 Å². The fourth-order valence-corrected chi connectivity index (χ4v) is 3.48. The fraction of sp³-hybridized carbons (Fsp3) is 1.00. The molecule has 0 aromatic rings. The number of hydrogen-bond acceptors (Lipinski definition) is 0. The van der Waals surface area contributed by atoms with Crippen molar-refractivity contribution >= 4 is 17.8 Å². The number of unbranched alkanes of at least 4 members (excludes halogenated alkanes) is 6. The summed E-state index contributed by atoms with van der Waals surface area (Å²) in [4.78, 5) is 0. The molecule has 0 fully saturated rings. The lowest BCUT2D eigenvalue weighted by atomic mass is 10.2. The first-order valence-electron chi connectivity index (χ1n) is 6.49. The lowest BCUT2D eigenvalue weighted by Crippen LogP contribution is -1.90. The Bertz CT molecular complexity index is 92.7. The van der Waals surface area contributed by atoms with Crippen molar-refractivity contribution in [3.63, 3.8) is 0 Å². The molecular formula is C13H32P2. The molecule has 0 rings (SSSR count). The average Bonchev–Trinajstić information content (AvgIpc) is 2.19. The molecule has 94 valence electrons. The molecule has 1 unspecified atom stereocenters. The molecule has 0 bridgehead atoms. The van der Waals surface area contributed by atoms with Crippen LogP contribution in [-0.2, 0) is 0 Å². The van der Waals surface area contributed by atoms with E-state index in [1.165, 1.54) is 63.7 Å². The zero-order chi connectivity index (χ0) is 10.6. The van der Waals surface area contributed by atoms with E-state index in [-0.39, 0.29) is 9.90 Å². The van der Waals surface area contributed by atoms with Gasteiger partial charge >= 0.3 is 0 Å². The summed E-state index contributed by atoms with van der Waals surface area (Å²) in [6.45, 7) is 7.08. The molecule has 0 spiro atoms. The summed E-state index contributed by atoms with van der Waals surface area (Å²) in [6, 6.07) is 0. The molecule has 0 aromatic carbocycles. The molecule has 0 radical (unpaired) electrons. The maximum atomic E-state index is 2.49. The first kappa shape index (κ1) is 18.2. The van der Waals surface area contributed by atoms with Crippen LogP contribution in [-0.4, -0.2) is 19.0 Å². The molecule has 2 heteroatoms. The normalized spacial score (nSPS) is 10.4. The van der Waals surface area contributed by atoms with Crippen LogP contribution in [0.2, 0.25) is 0 Å². The van der Waals surface area contributed by atoms with Gasteiger partial charge in [-0.05, 0) is 31.8 Å². The zero-order valence-electron chi connectivity index (χ0n) is 11.2. The molecular weight excluding hydrogens is 218 g/mol. The highest BCUT2D eigenvalue weighted by Crippen LogP contribution is 2.33. The molecule has 1 atom stereocenters. The standard InChI is InChI=1S/C13H29P.H3P/c1-4-6-8-10-12-14(3)13-11-9-7-5-2;/h4-13H2,1-3H3;1H3. The van der Waals surface area contributed by atoms with Crippen molar-refractivity contribution in [1.82, 2.24) is 0 Å². The van der Waals surface area contributed by atoms with Crippen LogP contribution in [0.15, 0.2) is 0 Å². The lowest BCUT2D eigenvalue weighted by Gasteiger charge is -2.11. The predicted octanol–water partition coefficient (Wildman–Crippen LogP) is 5.32. The van der Waals surface area contributed by atoms with Crippen LogP contribution in [0.5, 0.6) is 0 Å². The minimum Gasteiger partial charge on any atom is -0.153 e. The second-order valence-electron chi connectivity index (χ2n) is 4.42. The Morgan fingerprint density at radius 2 is 1.07 bits per heavy atom. The molecule has 0 aliphatic carbocycles. The van der Waals surface area contributed by atoms with E-state index in [0.717, 1.165) is 0 Å². The minimum atomic E-state index is 0. The second kappa shape index (κ2) is 14.9. The number of rotatable bonds is 10. The summed E-state index contributed by atoms with van der Waals surface area (Å²) in [5.74, 6) is 0. The molecule has 0 nitrogen and oxygen atoms in total. The van der Waals surface area contributed by atoms with Gasteiger partial charge in [-0.2, -0.15) is 9.90 Å². The van der Waals surface area contributed by atoms with Gasteiger partial charge in [-0.3, -0.25) is 0 Å². The van der Waals surface area contributed by atoms with E-state index in [4.69, 9.17) is 0 Å². The van der Waals surface area contributed by atoms with Crippen molar-refractivity contribution in [2.24, 2.45) is 0 Å². The van der Waals surface area contributed by atoms with Gasteiger partial charge in [0.25, 0.3) is 0 Å². The van der Waals surface area contributed by atoms with E-state index in [2.05, 4.69) is 20.5 Å². The summed E-state index contributed by atoms with van der Waals surface area (Å²) in [5, 5.41) is 0. The molecule has 0 saturated heterocycles. The van der Waals surface area contributed by atoms with Crippen LogP contribution in [0, 0.1) is 0 Å². The Hall–Kier alpha value is 0.860. The van der Waals surface area contributed by atoms with Crippen LogP contribution in [0.1, 0.15) is 65.2 Å². The third-order valence-corrected chi connectivity index (χ3v) is 4.95. The van der Waals surface area contributed by atoms with Crippen molar-refractivity contribution < 1.29 is 0 Å². The molecule has 0 aromatic heterocycles. The molecule has 0 saturated carbocycles. The van der Waals surface area contributed by atoms with Gasteiger partial charge < -0.3 is 0 Å². The zero-order valence-corrected chi connectivity index (χ0v) is 13.5. The highest BCUT2D eigenvalue weighted by Gasteiger charge is 2.00. The van der Waals surface area contributed by atoms with Gasteiger partial charge in [0.1, 0.15) is 0 Å². The SMILES string of the molecule is CCCCCCP(C)CCCCCC.P. The van der Waals surface area contributed by atoms with Crippen molar-refractivity contribution in [1.29, 1.82) is 0 Å². The maximum Gasteiger partial charge on any atom is -0.0328 e. The van der Waals surface area contributed by atoms with E-state index >= 15 is 0 Å². The van der Waals surface area contributed by atoms with E-state index in [1.54, 1.807) is 0 Å². The maximum absolute atomic E-state index is 2.49. The molecule has 0 amide bonds. The summed E-state index contributed by atoms with van der Waals surface area (Å²) >= 11 is 0. The molecule has 0 aliphatic rings. The second-order valence-corrected chi connectivity index (χ2v) is 7.03. The Labute approximate surface area is 102 Å². The first-order valence-corrected chi connectivity index (χ1v) is 8.65. The minimum absolute atomic E-state index is 0. The third kappa shape index (κ3) is 14.9. The molecule has 0 heterocycles. The van der Waals surface area contributed by atoms with Crippen LogP contribution < -0.4 is 0 Å². The van der Waals surface area contributed by atoms with E-state index in [9.17, 15) is 0 Å². The lowest BCUT2D eigenvalue weighted by molar-refractivity contribution is 0.696. The summed E-state index contributed by atoms with van der Waals surface area (Å²) in [6.07, 6.45) is 14.6. The van der Waals surface area contributed by atoms with Gasteiger partial charge in [0.2, 0.25) is 0 Å². The average molecular weight is 250 g/mol. The van der Waals surface area contributed by atoms with Crippen molar-refractivity contribution in [3.8, 4) is 0 Å². The number of hydrogen-bond donors (Lipinski definition) is 0. The monoisotopic (exact) mass is 250 g/mol. The summed E-state index contributed by atoms with van der Waals surface area (Å²) in [5.41, 5.74) is 0. The van der Waals surface area contributed by atoms with Gasteiger partial charge in [-0.1, -0.05) is 52.4 Å². The Kier molecular flexibility index (Phi) is 18.1. The van der Waals surface area contributed by atoms with Gasteiger partial charge in [0.15, 0.2) is 0 Å². The van der Waals surface area contributed by atoms with E-state index < -0.39 is 0 Å². The molecule has 15 heavy (non-hydrogen) atoms. The van der Waals surface area contributed by atoms with Crippen LogP contribution >= 0.6 is 17.8 Å². The smallest absolute Gasteiger partial charge is 0.0328 e. The fourth-order valence-electron chi connectivity index (χ4n) is 1.73. The Morgan fingerprint density at radius 1 is 0.667 bits per heavy atom. The van der Waals surface area contributed by atoms with Crippen molar-refractivity contribution in [3.05, 3.63) is 0 Å². The highest BCUT2D eigenvalue weighted by atomic mass is 31.1. The third-order valence-electron chi connectivity index (χ3n) is 2.79. The Balaban J connectivity index is 0. The molecule has 0 N–H and O–H groups in total. The highest BCUT2D eigenvalue weighted by molar-refractivity contribution is 7.56. The van der Waals surface area contributed by atoms with Crippen LogP contribution in [0.25, 0.3) is 0 Å². The van der Waals surface area contributed by atoms with E-state index in [0.29, 0.717) is 7.92 Å². The first-order chi connectivity index (χ1) is 6.81. The van der Waals surface area contributed by atoms with E-state index in [1.807, 2.05) is 0 Å². The topological polar surface area (TPSA) is 0 Å². The largest absolute Gasteiger partial charge is 0.153 e. The van der Waals surface area contributed by atoms with Crippen LogP contribution in [0.4, 0.5) is 0 Å². The van der Waals surface area contributed by atoms with Crippen LogP contribution in [0.3, 0.4) is 0 Å². The Morgan fingerprint density at radius 3 is 1.40 bits per heavy atom. The quantitative estimate of drug-likeness (QED) is 0.364.